The Morgan fingerprint density at radius 3 is 2.29 bits per heavy atom. The predicted molar refractivity (Wildman–Crippen MR) is 147 cm³/mol. The van der Waals surface area contributed by atoms with E-state index in [1.807, 2.05) is 32.0 Å². The first-order valence-electron chi connectivity index (χ1n) is 11.5. The number of methoxy groups -OCH3 is 3. The highest BCUT2D eigenvalue weighted by atomic mass is 32.2. The lowest BCUT2D eigenvalue weighted by Gasteiger charge is -2.16. The highest BCUT2D eigenvalue weighted by Gasteiger charge is 2.17. The van der Waals surface area contributed by atoms with Crippen molar-refractivity contribution >= 4 is 40.4 Å². The fourth-order valence-corrected chi connectivity index (χ4v) is 4.54. The molecule has 0 aliphatic heterocycles. The van der Waals surface area contributed by atoms with Gasteiger partial charge in [0.05, 0.1) is 21.3 Å². The average molecular weight is 557 g/mol. The van der Waals surface area contributed by atoms with Crippen molar-refractivity contribution in [3.63, 3.8) is 0 Å². The molecule has 200 valence electrons. The number of rotatable bonds is 13. The number of anilines is 1. The van der Waals surface area contributed by atoms with Crippen LogP contribution in [-0.2, 0) is 4.79 Å². The van der Waals surface area contributed by atoms with Crippen molar-refractivity contribution in [2.24, 2.45) is 0 Å². The zero-order chi connectivity index (χ0) is 27.5. The molecule has 0 spiro atoms. The Hall–Kier alpha value is -3.95. The molecule has 38 heavy (non-hydrogen) atoms. The van der Waals surface area contributed by atoms with E-state index >= 15 is 0 Å². The van der Waals surface area contributed by atoms with Crippen LogP contribution >= 0.6 is 23.3 Å². The van der Waals surface area contributed by atoms with Gasteiger partial charge in [-0.1, -0.05) is 37.7 Å². The van der Waals surface area contributed by atoms with Crippen molar-refractivity contribution in [2.75, 3.05) is 39.9 Å². The van der Waals surface area contributed by atoms with E-state index < -0.39 is 5.91 Å². The molecule has 0 unspecified atom stereocenters. The molecule has 0 aliphatic carbocycles. The summed E-state index contributed by atoms with van der Waals surface area (Å²) in [6, 6.07) is 12.5. The van der Waals surface area contributed by atoms with Crippen molar-refractivity contribution in [3.8, 4) is 34.8 Å². The minimum absolute atomic E-state index is 0.124. The molecule has 10 nitrogen and oxygen atoms in total. The smallest absolute Gasteiger partial charge is 0.268 e. The lowest BCUT2D eigenvalue weighted by atomic mass is 10.1. The van der Waals surface area contributed by atoms with Crippen molar-refractivity contribution in [2.45, 2.75) is 24.3 Å². The quantitative estimate of drug-likeness (QED) is 0.132. The zero-order valence-corrected chi connectivity index (χ0v) is 23.3. The Kier molecular flexibility index (Phi) is 10.6. The molecule has 12 heteroatoms. The van der Waals surface area contributed by atoms with Gasteiger partial charge in [0.25, 0.3) is 5.91 Å². The number of carbonyl (C=O) groups excluding carboxylic acids is 1. The highest BCUT2D eigenvalue weighted by Crippen LogP contribution is 2.39. The normalized spacial score (nSPS) is 11.0. The van der Waals surface area contributed by atoms with Crippen LogP contribution in [0.3, 0.4) is 0 Å². The van der Waals surface area contributed by atoms with Gasteiger partial charge >= 0.3 is 0 Å². The molecule has 1 amide bonds. The number of carbonyl (C=O) groups is 1. The van der Waals surface area contributed by atoms with Crippen LogP contribution in [0.15, 0.2) is 47.1 Å². The molecule has 1 heterocycles. The largest absolute Gasteiger partial charge is 0.493 e. The molecule has 0 fully saturated rings. The number of nitriles is 1. The van der Waals surface area contributed by atoms with E-state index in [1.165, 1.54) is 32.1 Å². The number of hydrogen-bond donors (Lipinski definition) is 1. The number of para-hydroxylation sites is 2. The average Bonchev–Trinajstić information content (AvgIpc) is 3.35. The molecule has 0 radical (unpaired) electrons. The number of nitrogens with one attached hydrogen (secondary N) is 1. The number of aromatic nitrogens is 2. The van der Waals surface area contributed by atoms with Crippen LogP contribution in [0.1, 0.15) is 19.4 Å². The monoisotopic (exact) mass is 556 g/mol. The number of hydrogen-bond acceptors (Lipinski definition) is 11. The number of thioether (sulfide) groups is 1. The fraction of sp³-hybridized carbons (Fsp3) is 0.308. The van der Waals surface area contributed by atoms with Crippen molar-refractivity contribution in [1.29, 1.82) is 5.26 Å². The Morgan fingerprint density at radius 2 is 1.68 bits per heavy atom. The Bertz CT molecular complexity index is 1290. The van der Waals surface area contributed by atoms with E-state index in [9.17, 15) is 10.1 Å². The molecular weight excluding hydrogens is 528 g/mol. The van der Waals surface area contributed by atoms with Crippen LogP contribution in [0, 0.1) is 11.3 Å². The maximum Gasteiger partial charge on any atom is 0.268 e. The molecule has 0 saturated heterocycles. The molecule has 3 aromatic rings. The Morgan fingerprint density at radius 1 is 1.05 bits per heavy atom. The van der Waals surface area contributed by atoms with Gasteiger partial charge in [-0.05, 0) is 35.9 Å². The summed E-state index contributed by atoms with van der Waals surface area (Å²) in [5.74, 6) is 1.72. The molecule has 1 aromatic heterocycles. The molecular formula is C26H28N4O6S2. The first-order valence-corrected chi connectivity index (χ1v) is 13.1. The van der Waals surface area contributed by atoms with Gasteiger partial charge in [0.1, 0.15) is 24.9 Å². The van der Waals surface area contributed by atoms with Crippen molar-refractivity contribution in [3.05, 3.63) is 47.5 Å². The maximum atomic E-state index is 12.7. The van der Waals surface area contributed by atoms with Gasteiger partial charge in [-0.3, -0.25) is 10.1 Å². The summed E-state index contributed by atoms with van der Waals surface area (Å²) in [6.45, 7) is 4.49. The summed E-state index contributed by atoms with van der Waals surface area (Å²) in [5.41, 5.74) is 0.387. The van der Waals surface area contributed by atoms with Crippen LogP contribution in [0.25, 0.3) is 6.08 Å². The number of ether oxygens (including phenoxy) is 5. The number of nitrogens with zero attached hydrogens (tertiary/aromatic N) is 3. The predicted octanol–water partition coefficient (Wildman–Crippen LogP) is 5.07. The minimum atomic E-state index is -0.600. The van der Waals surface area contributed by atoms with E-state index in [1.54, 1.807) is 31.4 Å². The van der Waals surface area contributed by atoms with E-state index in [4.69, 9.17) is 23.7 Å². The second kappa shape index (κ2) is 14.1. The summed E-state index contributed by atoms with van der Waals surface area (Å²) in [6.07, 6.45) is 1.43. The topological polar surface area (TPSA) is 125 Å². The van der Waals surface area contributed by atoms with Gasteiger partial charge in [0.2, 0.25) is 16.0 Å². The van der Waals surface area contributed by atoms with E-state index in [0.717, 1.165) is 11.5 Å². The zero-order valence-electron chi connectivity index (χ0n) is 21.6. The third-order valence-electron chi connectivity index (χ3n) is 4.78. The van der Waals surface area contributed by atoms with E-state index in [-0.39, 0.29) is 18.8 Å². The number of amides is 1. The molecule has 3 rings (SSSR count). The SMILES string of the molecule is COc1ccccc1OCCOc1c(OC)cc(/C=C(/C#N)C(=O)Nc2nc(SC(C)C)ns2)cc1OC. The summed E-state index contributed by atoms with van der Waals surface area (Å²) < 4.78 is 32.1. The Balaban J connectivity index is 1.72. The van der Waals surface area contributed by atoms with Gasteiger partial charge in [-0.25, -0.2) is 0 Å². The molecule has 0 atom stereocenters. The molecule has 0 saturated carbocycles. The van der Waals surface area contributed by atoms with E-state index in [2.05, 4.69) is 14.7 Å². The van der Waals surface area contributed by atoms with Gasteiger partial charge in [0.15, 0.2) is 23.0 Å². The Labute approximate surface area is 229 Å². The molecule has 1 N–H and O–H groups in total. The minimum Gasteiger partial charge on any atom is -0.493 e. The summed E-state index contributed by atoms with van der Waals surface area (Å²) >= 11 is 2.54. The van der Waals surface area contributed by atoms with Crippen LogP contribution in [0.2, 0.25) is 0 Å². The van der Waals surface area contributed by atoms with Gasteiger partial charge in [0, 0.05) is 16.8 Å². The van der Waals surface area contributed by atoms with E-state index in [0.29, 0.717) is 49.8 Å². The first kappa shape index (κ1) is 28.6. The number of benzene rings is 2. The van der Waals surface area contributed by atoms with Crippen LogP contribution in [0.5, 0.6) is 28.7 Å². The van der Waals surface area contributed by atoms with Crippen LogP contribution in [0.4, 0.5) is 5.13 Å². The third-order valence-corrected chi connectivity index (χ3v) is 6.40. The van der Waals surface area contributed by atoms with Crippen LogP contribution in [-0.4, -0.2) is 55.1 Å². The highest BCUT2D eigenvalue weighted by molar-refractivity contribution is 7.99. The lowest BCUT2D eigenvalue weighted by molar-refractivity contribution is -0.112. The van der Waals surface area contributed by atoms with Crippen molar-refractivity contribution < 1.29 is 28.5 Å². The summed E-state index contributed by atoms with van der Waals surface area (Å²) in [7, 11) is 4.55. The fourth-order valence-electron chi connectivity index (χ4n) is 3.16. The van der Waals surface area contributed by atoms with Gasteiger partial charge in [-0.15, -0.1) is 0 Å². The van der Waals surface area contributed by atoms with Gasteiger partial charge in [-0.2, -0.15) is 14.6 Å². The van der Waals surface area contributed by atoms with Gasteiger partial charge < -0.3 is 23.7 Å². The molecule has 0 bridgehead atoms. The van der Waals surface area contributed by atoms with Crippen molar-refractivity contribution in [1.82, 2.24) is 9.36 Å². The van der Waals surface area contributed by atoms with Crippen LogP contribution < -0.4 is 29.0 Å². The summed E-state index contributed by atoms with van der Waals surface area (Å²) in [5, 5.41) is 13.4. The first-order chi connectivity index (χ1) is 18.4. The maximum absolute atomic E-state index is 12.7. The second-order valence-corrected chi connectivity index (χ2v) is 10.1. The summed E-state index contributed by atoms with van der Waals surface area (Å²) in [4.78, 5) is 17.0. The molecule has 2 aromatic carbocycles. The second-order valence-electron chi connectivity index (χ2n) is 7.77. The molecule has 0 aliphatic rings. The lowest BCUT2D eigenvalue weighted by Crippen LogP contribution is -2.13. The third kappa shape index (κ3) is 7.77. The standard InChI is InChI=1S/C26H28N4O6S2/c1-16(2)37-26-29-25(38-30-26)28-24(31)18(15-27)12-17-13-21(33-4)23(22(14-17)34-5)36-11-10-35-20-9-7-6-8-19(20)32-3/h6-9,12-14,16H,10-11H2,1-5H3,(H,28,29,30,31)/b18-12-.